The number of ether oxygens (including phenoxy) is 2. The first-order chi connectivity index (χ1) is 28.7. The van der Waals surface area contributed by atoms with Crippen molar-refractivity contribution in [2.24, 2.45) is 11.5 Å². The highest BCUT2D eigenvalue weighted by Crippen LogP contribution is 2.37. The van der Waals surface area contributed by atoms with Gasteiger partial charge in [0.25, 0.3) is 0 Å². The predicted octanol–water partition coefficient (Wildman–Crippen LogP) is 8.77. The first kappa shape index (κ1) is 52.8. The van der Waals surface area contributed by atoms with Crippen LogP contribution in [0.1, 0.15) is 16.7 Å². The van der Waals surface area contributed by atoms with Crippen LogP contribution in [0.15, 0.2) is 125 Å². The fourth-order valence-electron chi connectivity index (χ4n) is 4.64. The standard InChI is InChI=1S/C19H17F6N3O.C10H9BF6O3.C9H10IN3/c20-18(21,22)17(19(23,24)25)29-11-12-5-4-6-13(9-12)15(10-16(26)27)28-14-7-2-1-3-8-14;12-9(13,14)8(10(15,16)17)20-5-6-2-1-3-7(4-6)11(18)19;10-8(6-9(11)12)13-7-4-2-1-3-5-7/h1-10,17,28H,11H2,(H3,26,27);1-4,8,18-19H,5H2;1-6,13H,(H3,11,12)/b15-10-;;8-6-. The van der Waals surface area contributed by atoms with Gasteiger partial charge in [0.15, 0.2) is 0 Å². The Balaban J connectivity index is 0.000000347. The highest BCUT2D eigenvalue weighted by molar-refractivity contribution is 14.1. The number of hydrogen-bond acceptors (Lipinski definition) is 8. The van der Waals surface area contributed by atoms with E-state index in [0.29, 0.717) is 16.9 Å². The van der Waals surface area contributed by atoms with Gasteiger partial charge in [0, 0.05) is 29.2 Å². The van der Waals surface area contributed by atoms with Gasteiger partial charge in [0.05, 0.1) is 16.9 Å². The molecule has 0 radical (unpaired) electrons. The quantitative estimate of drug-likeness (QED) is 0.0154. The van der Waals surface area contributed by atoms with E-state index in [9.17, 15) is 52.7 Å². The summed E-state index contributed by atoms with van der Waals surface area (Å²) < 4.78 is 158. The Morgan fingerprint density at radius 1 is 0.597 bits per heavy atom. The van der Waals surface area contributed by atoms with E-state index in [-0.39, 0.29) is 28.3 Å². The number of nitrogens with one attached hydrogen (secondary N) is 4. The van der Waals surface area contributed by atoms with E-state index in [1.807, 2.05) is 30.3 Å². The van der Waals surface area contributed by atoms with Crippen molar-refractivity contribution in [3.63, 3.8) is 0 Å². The van der Waals surface area contributed by atoms with Crippen LogP contribution in [0.3, 0.4) is 0 Å². The summed E-state index contributed by atoms with van der Waals surface area (Å²) in [6.07, 6.45) is -27.2. The molecule has 0 heterocycles. The van der Waals surface area contributed by atoms with E-state index in [1.54, 1.807) is 42.5 Å². The summed E-state index contributed by atoms with van der Waals surface area (Å²) in [6.45, 7) is -1.87. The van der Waals surface area contributed by atoms with Crippen molar-refractivity contribution in [1.82, 2.24) is 0 Å². The summed E-state index contributed by atoms with van der Waals surface area (Å²) in [5.74, 6) is -0.243. The molecule has 0 saturated carbocycles. The number of rotatable bonds is 14. The molecular weight excluding hydrogens is 970 g/mol. The first-order valence-corrected chi connectivity index (χ1v) is 18.2. The maximum absolute atomic E-state index is 12.6. The van der Waals surface area contributed by atoms with E-state index < -0.39 is 57.2 Å². The largest absolute Gasteiger partial charge is 0.488 e. The molecule has 0 aliphatic rings. The molecular formula is C38H36BF12IN6O4. The molecule has 0 spiro atoms. The fourth-order valence-corrected chi connectivity index (χ4v) is 5.28. The Hall–Kier alpha value is -5.31. The molecule has 0 unspecified atom stereocenters. The molecule has 4 aromatic carbocycles. The van der Waals surface area contributed by atoms with E-state index in [0.717, 1.165) is 15.5 Å². The Morgan fingerprint density at radius 3 is 1.40 bits per heavy atom. The molecule has 0 aliphatic heterocycles. The van der Waals surface area contributed by atoms with E-state index in [4.69, 9.17) is 32.3 Å². The van der Waals surface area contributed by atoms with Gasteiger partial charge in [0.2, 0.25) is 12.2 Å². The number of halogens is 13. The van der Waals surface area contributed by atoms with E-state index in [2.05, 4.69) is 42.7 Å². The van der Waals surface area contributed by atoms with Crippen LogP contribution in [0.2, 0.25) is 0 Å². The molecule has 0 atom stereocenters. The third-order valence-electron chi connectivity index (χ3n) is 7.18. The molecule has 10 nitrogen and oxygen atoms in total. The van der Waals surface area contributed by atoms with Crippen LogP contribution in [0, 0.1) is 10.8 Å². The number of anilines is 2. The van der Waals surface area contributed by atoms with Crippen LogP contribution in [0.5, 0.6) is 0 Å². The zero-order chi connectivity index (χ0) is 46.9. The maximum Gasteiger partial charge on any atom is 0.488 e. The molecule has 0 bridgehead atoms. The second kappa shape index (κ2) is 23.8. The van der Waals surface area contributed by atoms with Gasteiger partial charge in [-0.05, 0) is 75.1 Å². The molecule has 10 N–H and O–H groups in total. The average Bonchev–Trinajstić information content (AvgIpc) is 3.13. The fraction of sp³-hybridized carbons (Fsp3) is 0.211. The maximum atomic E-state index is 12.6. The molecule has 24 heteroatoms. The summed E-state index contributed by atoms with van der Waals surface area (Å²) in [5.41, 5.74) is 13.0. The Morgan fingerprint density at radius 2 is 1.00 bits per heavy atom. The van der Waals surface area contributed by atoms with Crippen molar-refractivity contribution in [2.75, 3.05) is 10.6 Å². The van der Waals surface area contributed by atoms with Crippen LogP contribution >= 0.6 is 22.6 Å². The lowest BCUT2D eigenvalue weighted by Crippen LogP contribution is -2.44. The third-order valence-corrected chi connectivity index (χ3v) is 7.76. The van der Waals surface area contributed by atoms with Gasteiger partial charge in [-0.3, -0.25) is 10.8 Å². The number of hydrogen-bond donors (Lipinski definition) is 8. The Bertz CT molecular complexity index is 2060. The highest BCUT2D eigenvalue weighted by Gasteiger charge is 2.58. The van der Waals surface area contributed by atoms with Crippen LogP contribution in [0.4, 0.5) is 64.1 Å². The second-order valence-electron chi connectivity index (χ2n) is 12.3. The average molecular weight is 1010 g/mol. The Kier molecular flexibility index (Phi) is 20.3. The smallest absolute Gasteiger partial charge is 0.423 e. The molecule has 0 saturated heterocycles. The van der Waals surface area contributed by atoms with Gasteiger partial charge in [-0.25, -0.2) is 0 Å². The summed E-state index contributed by atoms with van der Waals surface area (Å²) >= 11 is 2.09. The molecule has 0 fully saturated rings. The van der Waals surface area contributed by atoms with Gasteiger partial charge in [-0.15, -0.1) is 0 Å². The first-order valence-electron chi connectivity index (χ1n) is 17.1. The molecule has 62 heavy (non-hydrogen) atoms. The molecule has 0 aliphatic carbocycles. The monoisotopic (exact) mass is 1010 g/mol. The lowest BCUT2D eigenvalue weighted by molar-refractivity contribution is -0.325. The minimum Gasteiger partial charge on any atom is -0.423 e. The highest BCUT2D eigenvalue weighted by atomic mass is 127. The van der Waals surface area contributed by atoms with E-state index in [1.165, 1.54) is 42.5 Å². The van der Waals surface area contributed by atoms with Crippen molar-refractivity contribution in [3.05, 3.63) is 142 Å². The van der Waals surface area contributed by atoms with Crippen LogP contribution in [-0.2, 0) is 22.7 Å². The van der Waals surface area contributed by atoms with Crippen molar-refractivity contribution >= 4 is 63.9 Å². The zero-order valence-electron chi connectivity index (χ0n) is 31.5. The molecule has 0 amide bonds. The van der Waals surface area contributed by atoms with Gasteiger partial charge in [-0.1, -0.05) is 78.9 Å². The minimum absolute atomic E-state index is 0.0471. The van der Waals surface area contributed by atoms with Crippen LogP contribution < -0.4 is 27.6 Å². The lowest BCUT2D eigenvalue weighted by atomic mass is 9.80. The van der Waals surface area contributed by atoms with Gasteiger partial charge in [0.1, 0.15) is 11.7 Å². The summed E-state index contributed by atoms with van der Waals surface area (Å²) in [6, 6.07) is 29.0. The Labute approximate surface area is 359 Å². The SMILES string of the molecule is N=C(N)/C=C(/I)Nc1ccccc1.N=C(N)/C=C(\Nc1ccccc1)c1cccc(COC(C(F)(F)F)C(F)(F)F)c1.OB(O)c1cccc(COC(C(F)(F)F)C(F)(F)F)c1. The molecule has 336 valence electrons. The normalized spacial score (nSPS) is 12.5. The number of alkyl halides is 12. The summed E-state index contributed by atoms with van der Waals surface area (Å²) in [7, 11) is -1.88. The van der Waals surface area contributed by atoms with Gasteiger partial charge < -0.3 is 41.6 Å². The number of amidine groups is 2. The van der Waals surface area contributed by atoms with Crippen LogP contribution in [-0.4, -0.2) is 65.8 Å². The number of para-hydroxylation sites is 2. The van der Waals surface area contributed by atoms with Gasteiger partial charge >= 0.3 is 31.8 Å². The van der Waals surface area contributed by atoms with Crippen molar-refractivity contribution in [2.45, 2.75) is 50.1 Å². The number of nitrogens with two attached hydrogens (primary N) is 2. The van der Waals surface area contributed by atoms with Gasteiger partial charge in [-0.2, -0.15) is 52.7 Å². The third kappa shape index (κ3) is 20.0. The molecule has 4 rings (SSSR count). The van der Waals surface area contributed by atoms with Crippen molar-refractivity contribution in [3.8, 4) is 0 Å². The summed E-state index contributed by atoms with van der Waals surface area (Å²) in [4.78, 5) is 0. The topological polar surface area (TPSA) is 183 Å². The predicted molar refractivity (Wildman–Crippen MR) is 218 cm³/mol. The van der Waals surface area contributed by atoms with Crippen molar-refractivity contribution < 1.29 is 72.2 Å². The van der Waals surface area contributed by atoms with Crippen molar-refractivity contribution in [1.29, 1.82) is 10.8 Å². The number of benzene rings is 4. The zero-order valence-corrected chi connectivity index (χ0v) is 33.6. The lowest BCUT2D eigenvalue weighted by Gasteiger charge is -2.23. The summed E-state index contributed by atoms with van der Waals surface area (Å²) in [5, 5.41) is 38.3. The molecule has 0 aromatic heterocycles. The minimum atomic E-state index is -5.58. The second-order valence-corrected chi connectivity index (χ2v) is 13.5. The molecule has 4 aromatic rings. The van der Waals surface area contributed by atoms with E-state index >= 15 is 0 Å². The van der Waals surface area contributed by atoms with Crippen LogP contribution in [0.25, 0.3) is 5.70 Å².